The predicted molar refractivity (Wildman–Crippen MR) is 240 cm³/mol. The molecule has 0 radical (unpaired) electrons. The lowest BCUT2D eigenvalue weighted by Crippen LogP contribution is -2.55. The van der Waals surface area contributed by atoms with Gasteiger partial charge in [0, 0.05) is 23.1 Å². The lowest BCUT2D eigenvalue weighted by atomic mass is 9.86. The zero-order valence-electron chi connectivity index (χ0n) is 35.9. The van der Waals surface area contributed by atoms with Crippen LogP contribution in [0, 0.1) is 5.41 Å². The van der Waals surface area contributed by atoms with Crippen molar-refractivity contribution in [1.29, 1.82) is 0 Å². The summed E-state index contributed by atoms with van der Waals surface area (Å²) in [5, 5.41) is 8.86. The lowest BCUT2D eigenvalue weighted by molar-refractivity contribution is -0.129. The average molecular weight is 872 g/mol. The molecule has 0 aliphatic heterocycles. The van der Waals surface area contributed by atoms with Crippen molar-refractivity contribution in [1.82, 2.24) is 20.3 Å². The molecule has 63 heavy (non-hydrogen) atoms. The standard InChI is InChI=1S/C48H49N5O9S/c1-47(2,3)42(52-46(57)62-48(4,5)6)45(56)51-41(44(55)50-37-21-15-14-20-36(37)43(54)53-63(58,59)34-18-12-9-13-19-34)31-22-24-32(25-23-31)61-40-29-38(30-16-10-8-11-17-30)49-39-28-33(60-7)26-27-35(39)40/h8-29,41-42H,1-7H3,(H,50,55)(H,51,56)(H,52,57)(H,53,54)/t41-,42+/m0/s1. The number of pyridine rings is 1. The Morgan fingerprint density at radius 2 is 1.30 bits per heavy atom. The van der Waals surface area contributed by atoms with E-state index in [4.69, 9.17) is 19.2 Å². The average Bonchev–Trinajstić information content (AvgIpc) is 3.24. The number of ether oxygens (including phenoxy) is 3. The smallest absolute Gasteiger partial charge is 0.408 e. The summed E-state index contributed by atoms with van der Waals surface area (Å²) in [7, 11) is -2.69. The molecule has 15 heteroatoms. The number of anilines is 1. The Hall–Kier alpha value is -7.26. The highest BCUT2D eigenvalue weighted by Gasteiger charge is 2.37. The molecule has 4 N–H and O–H groups in total. The summed E-state index contributed by atoms with van der Waals surface area (Å²) < 4.78 is 45.5. The summed E-state index contributed by atoms with van der Waals surface area (Å²) in [5.41, 5.74) is 0.592. The highest BCUT2D eigenvalue weighted by molar-refractivity contribution is 7.90. The quantitative estimate of drug-likeness (QED) is 0.0875. The number of sulfonamides is 1. The van der Waals surface area contributed by atoms with Crippen LogP contribution in [-0.4, -0.2) is 56.0 Å². The summed E-state index contributed by atoms with van der Waals surface area (Å²) in [4.78, 5) is 59.8. The molecule has 0 fully saturated rings. The Balaban J connectivity index is 1.33. The van der Waals surface area contributed by atoms with Crippen LogP contribution in [0.4, 0.5) is 10.5 Å². The van der Waals surface area contributed by atoms with E-state index in [1.807, 2.05) is 48.5 Å². The van der Waals surface area contributed by atoms with Crippen LogP contribution in [0.1, 0.15) is 63.5 Å². The number of para-hydroxylation sites is 1. The van der Waals surface area contributed by atoms with Crippen molar-refractivity contribution in [3.8, 4) is 28.5 Å². The molecule has 0 saturated heterocycles. The molecule has 0 aliphatic carbocycles. The molecule has 326 valence electrons. The lowest BCUT2D eigenvalue weighted by Gasteiger charge is -2.32. The zero-order valence-corrected chi connectivity index (χ0v) is 36.7. The van der Waals surface area contributed by atoms with Gasteiger partial charge in [-0.25, -0.2) is 22.9 Å². The minimum absolute atomic E-state index is 0.0304. The first-order valence-electron chi connectivity index (χ1n) is 20.0. The van der Waals surface area contributed by atoms with E-state index in [0.29, 0.717) is 39.4 Å². The van der Waals surface area contributed by atoms with Crippen LogP contribution in [0.3, 0.4) is 0 Å². The zero-order chi connectivity index (χ0) is 45.5. The number of nitrogens with one attached hydrogen (secondary N) is 4. The Bertz CT molecular complexity index is 2730. The first-order chi connectivity index (χ1) is 29.8. The van der Waals surface area contributed by atoms with E-state index in [0.717, 1.165) is 5.56 Å². The van der Waals surface area contributed by atoms with Crippen LogP contribution >= 0.6 is 0 Å². The second-order valence-corrected chi connectivity index (χ2v) is 18.3. The maximum Gasteiger partial charge on any atom is 0.408 e. The molecule has 4 amide bonds. The highest BCUT2D eigenvalue weighted by atomic mass is 32.2. The molecule has 2 atom stereocenters. The van der Waals surface area contributed by atoms with Gasteiger partial charge in [0.2, 0.25) is 5.91 Å². The van der Waals surface area contributed by atoms with Gasteiger partial charge in [-0.1, -0.05) is 93.6 Å². The number of alkyl carbamates (subject to hydrolysis) is 1. The maximum absolute atomic E-state index is 14.4. The van der Waals surface area contributed by atoms with Crippen LogP contribution < -0.4 is 30.1 Å². The van der Waals surface area contributed by atoms with Crippen LogP contribution in [0.2, 0.25) is 0 Å². The van der Waals surface area contributed by atoms with Gasteiger partial charge < -0.3 is 30.2 Å². The van der Waals surface area contributed by atoms with E-state index >= 15 is 0 Å². The van der Waals surface area contributed by atoms with Crippen molar-refractivity contribution >= 4 is 50.4 Å². The van der Waals surface area contributed by atoms with Gasteiger partial charge in [0.25, 0.3) is 21.8 Å². The van der Waals surface area contributed by atoms with Crippen molar-refractivity contribution < 1.29 is 41.8 Å². The molecule has 6 aromatic rings. The van der Waals surface area contributed by atoms with Crippen molar-refractivity contribution in [3.05, 3.63) is 145 Å². The Kier molecular flexibility index (Phi) is 13.5. The summed E-state index contributed by atoms with van der Waals surface area (Å²) >= 11 is 0. The second kappa shape index (κ2) is 18.8. The van der Waals surface area contributed by atoms with Gasteiger partial charge in [0.05, 0.1) is 34.5 Å². The fraction of sp³-hybridized carbons (Fsp3) is 0.229. The van der Waals surface area contributed by atoms with Gasteiger partial charge >= 0.3 is 6.09 Å². The molecule has 1 aromatic heterocycles. The number of hydrogen-bond donors (Lipinski definition) is 4. The number of benzene rings is 5. The number of fused-ring (bicyclic) bond motifs is 1. The molecule has 1 heterocycles. The van der Waals surface area contributed by atoms with E-state index in [1.165, 1.54) is 42.5 Å². The molecule has 0 saturated carbocycles. The first kappa shape index (κ1) is 45.3. The Morgan fingerprint density at radius 1 is 0.683 bits per heavy atom. The number of aromatic nitrogens is 1. The summed E-state index contributed by atoms with van der Waals surface area (Å²) in [6, 6.07) is 34.0. The van der Waals surface area contributed by atoms with Gasteiger partial charge in [-0.3, -0.25) is 14.4 Å². The van der Waals surface area contributed by atoms with Crippen molar-refractivity contribution in [2.24, 2.45) is 5.41 Å². The third kappa shape index (κ3) is 11.6. The number of amides is 4. The van der Waals surface area contributed by atoms with Crippen LogP contribution in [-0.2, 0) is 24.3 Å². The van der Waals surface area contributed by atoms with E-state index in [-0.39, 0.29) is 16.1 Å². The number of methoxy groups -OCH3 is 1. The number of hydrogen-bond acceptors (Lipinski definition) is 10. The molecular formula is C48H49N5O9S. The predicted octanol–water partition coefficient (Wildman–Crippen LogP) is 8.56. The fourth-order valence-corrected chi connectivity index (χ4v) is 7.44. The molecule has 0 unspecified atom stereocenters. The monoisotopic (exact) mass is 871 g/mol. The van der Waals surface area contributed by atoms with Crippen molar-refractivity contribution in [3.63, 3.8) is 0 Å². The topological polar surface area (TPSA) is 191 Å². The van der Waals surface area contributed by atoms with Gasteiger partial charge in [-0.05, 0) is 80.3 Å². The maximum atomic E-state index is 14.4. The van der Waals surface area contributed by atoms with Gasteiger partial charge in [-0.15, -0.1) is 0 Å². The minimum Gasteiger partial charge on any atom is -0.497 e. The fourth-order valence-electron chi connectivity index (χ4n) is 6.46. The second-order valence-electron chi connectivity index (χ2n) is 16.6. The van der Waals surface area contributed by atoms with Gasteiger partial charge in [-0.2, -0.15) is 0 Å². The molecule has 0 aliphatic rings. The van der Waals surface area contributed by atoms with Crippen molar-refractivity contribution in [2.45, 2.75) is 64.1 Å². The third-order valence-electron chi connectivity index (χ3n) is 9.54. The first-order valence-corrected chi connectivity index (χ1v) is 21.4. The number of carbonyl (C=O) groups is 4. The number of carbonyl (C=O) groups excluding carboxylic acids is 4. The summed E-state index contributed by atoms with van der Waals surface area (Å²) in [5.74, 6) is -0.966. The summed E-state index contributed by atoms with van der Waals surface area (Å²) in [6.07, 6.45) is -0.831. The molecule has 0 spiro atoms. The normalized spacial score (nSPS) is 12.6. The number of nitrogens with zero attached hydrogens (tertiary/aromatic N) is 1. The molecule has 14 nitrogen and oxygen atoms in total. The highest BCUT2D eigenvalue weighted by Crippen LogP contribution is 2.35. The van der Waals surface area contributed by atoms with E-state index in [9.17, 15) is 27.6 Å². The van der Waals surface area contributed by atoms with Gasteiger partial charge in [0.1, 0.15) is 34.9 Å². The van der Waals surface area contributed by atoms with Crippen LogP contribution in [0.15, 0.2) is 138 Å². The molecule has 5 aromatic carbocycles. The molecule has 6 rings (SSSR count). The minimum atomic E-state index is -4.27. The van der Waals surface area contributed by atoms with E-state index in [2.05, 4.69) is 20.7 Å². The van der Waals surface area contributed by atoms with E-state index < -0.39 is 56.9 Å². The third-order valence-corrected chi connectivity index (χ3v) is 10.9. The molecule has 0 bridgehead atoms. The van der Waals surface area contributed by atoms with E-state index in [1.54, 1.807) is 91.1 Å². The van der Waals surface area contributed by atoms with Crippen LogP contribution in [0.25, 0.3) is 22.2 Å². The Labute approximate surface area is 366 Å². The van der Waals surface area contributed by atoms with Crippen LogP contribution in [0.5, 0.6) is 17.2 Å². The van der Waals surface area contributed by atoms with Crippen molar-refractivity contribution in [2.75, 3.05) is 12.4 Å². The largest absolute Gasteiger partial charge is 0.497 e. The number of rotatable bonds is 13. The Morgan fingerprint density at radius 3 is 1.94 bits per heavy atom. The summed E-state index contributed by atoms with van der Waals surface area (Å²) in [6.45, 7) is 10.3. The SMILES string of the molecule is COc1ccc2c(Oc3ccc([C@H](NC(=O)[C@@H](NC(=O)OC(C)(C)C)C(C)(C)C)C(=O)Nc4ccccc4C(=O)NS(=O)(=O)c4ccccc4)cc3)cc(-c3ccccc3)nc2c1. The van der Waals surface area contributed by atoms with Gasteiger partial charge in [0.15, 0.2) is 0 Å². The molecular weight excluding hydrogens is 823 g/mol.